The van der Waals surface area contributed by atoms with Crippen molar-refractivity contribution in [2.24, 2.45) is 11.7 Å². The average molecular weight is 501 g/mol. The Hall–Kier alpha value is -2.90. The number of nitrogens with two attached hydrogens (primary N) is 1. The fourth-order valence-corrected chi connectivity index (χ4v) is 4.33. The van der Waals surface area contributed by atoms with Crippen molar-refractivity contribution < 1.29 is 14.4 Å². The Bertz CT molecular complexity index is 931. The predicted molar refractivity (Wildman–Crippen MR) is 140 cm³/mol. The molecule has 4 N–H and O–H groups in total. The highest BCUT2D eigenvalue weighted by molar-refractivity contribution is 5.93. The first-order valence-electron chi connectivity index (χ1n) is 12.1. The first-order valence-corrected chi connectivity index (χ1v) is 12.1. The van der Waals surface area contributed by atoms with Crippen LogP contribution < -0.4 is 16.4 Å². The summed E-state index contributed by atoms with van der Waals surface area (Å²) < 4.78 is 0. The number of nitrogens with one attached hydrogen (secondary N) is 2. The monoisotopic (exact) mass is 500 g/mol. The van der Waals surface area contributed by atoms with Gasteiger partial charge in [-0.1, -0.05) is 81.4 Å². The first-order chi connectivity index (χ1) is 16.3. The van der Waals surface area contributed by atoms with Crippen molar-refractivity contribution in [2.75, 3.05) is 6.54 Å². The van der Waals surface area contributed by atoms with E-state index >= 15 is 0 Å². The van der Waals surface area contributed by atoms with E-state index in [0.717, 1.165) is 17.5 Å². The molecule has 1 saturated heterocycles. The Morgan fingerprint density at radius 3 is 2.00 bits per heavy atom. The summed E-state index contributed by atoms with van der Waals surface area (Å²) in [7, 11) is 0. The number of carbonyl (C=O) groups excluding carboxylic acids is 3. The highest BCUT2D eigenvalue weighted by Gasteiger charge is 2.39. The lowest BCUT2D eigenvalue weighted by Crippen LogP contribution is -2.57. The second kappa shape index (κ2) is 13.3. The zero-order valence-electron chi connectivity index (χ0n) is 20.6. The molecule has 1 aliphatic rings. The third-order valence-corrected chi connectivity index (χ3v) is 6.40. The van der Waals surface area contributed by atoms with Crippen LogP contribution in [0.2, 0.25) is 0 Å². The van der Waals surface area contributed by atoms with Gasteiger partial charge >= 0.3 is 0 Å². The Labute approximate surface area is 214 Å². The van der Waals surface area contributed by atoms with Crippen molar-refractivity contribution in [3.8, 4) is 0 Å². The second-order valence-corrected chi connectivity index (χ2v) is 9.20. The fourth-order valence-electron chi connectivity index (χ4n) is 4.33. The lowest BCUT2D eigenvalue weighted by Gasteiger charge is -2.32. The normalized spacial score (nSPS) is 17.0. The standard InChI is InChI=1S/C27H36N4O3.ClH/c1-4-21(28)25(32)29-23(18(2)3)27(34)31-17-11-16-22(31)26(33)30-24(19-12-7-5-8-13-19)20-14-9-6-10-15-20;/h5-10,12-15,18,21-24H,4,11,16-17,28H2,1-3H3,(H,29,32)(H,30,33);1H/t21-,22-,23-;/m0./s1. The van der Waals surface area contributed by atoms with Gasteiger partial charge in [-0.3, -0.25) is 14.4 Å². The Balaban J connectivity index is 0.00000432. The van der Waals surface area contributed by atoms with E-state index in [4.69, 9.17) is 5.73 Å². The summed E-state index contributed by atoms with van der Waals surface area (Å²) in [6, 6.07) is 17.3. The van der Waals surface area contributed by atoms with Gasteiger partial charge in [0.1, 0.15) is 12.1 Å². The van der Waals surface area contributed by atoms with Gasteiger partial charge < -0.3 is 21.3 Å². The molecule has 0 unspecified atom stereocenters. The maximum absolute atomic E-state index is 13.5. The number of halogens is 1. The highest BCUT2D eigenvalue weighted by Crippen LogP contribution is 2.25. The minimum atomic E-state index is -0.724. The lowest BCUT2D eigenvalue weighted by atomic mass is 9.98. The van der Waals surface area contributed by atoms with E-state index in [1.807, 2.05) is 81.4 Å². The molecule has 1 fully saturated rings. The molecule has 0 aliphatic carbocycles. The molecule has 7 nitrogen and oxygen atoms in total. The van der Waals surface area contributed by atoms with Gasteiger partial charge in [-0.2, -0.15) is 0 Å². The van der Waals surface area contributed by atoms with Crippen LogP contribution >= 0.6 is 12.4 Å². The van der Waals surface area contributed by atoms with Gasteiger partial charge in [-0.05, 0) is 36.3 Å². The van der Waals surface area contributed by atoms with Crippen molar-refractivity contribution >= 4 is 30.1 Å². The van der Waals surface area contributed by atoms with E-state index in [1.54, 1.807) is 4.90 Å². The van der Waals surface area contributed by atoms with Crippen LogP contribution in [0.3, 0.4) is 0 Å². The summed E-state index contributed by atoms with van der Waals surface area (Å²) in [5, 5.41) is 5.98. The van der Waals surface area contributed by atoms with Gasteiger partial charge in [0.05, 0.1) is 12.1 Å². The molecule has 0 bridgehead atoms. The molecule has 3 atom stereocenters. The molecule has 3 amide bonds. The summed E-state index contributed by atoms with van der Waals surface area (Å²) in [5.41, 5.74) is 7.80. The summed E-state index contributed by atoms with van der Waals surface area (Å²) in [5.74, 6) is -0.905. The van der Waals surface area contributed by atoms with Crippen LogP contribution in [0, 0.1) is 5.92 Å². The third-order valence-electron chi connectivity index (χ3n) is 6.40. The first kappa shape index (κ1) is 28.3. The molecular formula is C27H37ClN4O3. The van der Waals surface area contributed by atoms with Crippen LogP contribution in [0.4, 0.5) is 0 Å². The summed E-state index contributed by atoms with van der Waals surface area (Å²) >= 11 is 0. The minimum Gasteiger partial charge on any atom is -0.343 e. The summed E-state index contributed by atoms with van der Waals surface area (Å²) in [6.07, 6.45) is 1.81. The van der Waals surface area contributed by atoms with Gasteiger partial charge in [0.15, 0.2) is 0 Å². The summed E-state index contributed by atoms with van der Waals surface area (Å²) in [4.78, 5) is 41.0. The molecule has 1 heterocycles. The molecule has 2 aromatic rings. The zero-order chi connectivity index (χ0) is 24.7. The molecule has 8 heteroatoms. The van der Waals surface area contributed by atoms with Crippen molar-refractivity contribution in [2.45, 2.75) is 64.2 Å². The number of likely N-dealkylation sites (tertiary alicyclic amines) is 1. The van der Waals surface area contributed by atoms with Crippen LogP contribution in [0.15, 0.2) is 60.7 Å². The van der Waals surface area contributed by atoms with Gasteiger partial charge in [0.2, 0.25) is 17.7 Å². The average Bonchev–Trinajstić information content (AvgIpc) is 3.35. The largest absolute Gasteiger partial charge is 0.343 e. The number of rotatable bonds is 9. The Morgan fingerprint density at radius 1 is 0.971 bits per heavy atom. The van der Waals surface area contributed by atoms with E-state index in [0.29, 0.717) is 19.4 Å². The number of nitrogens with zero attached hydrogens (tertiary/aromatic N) is 1. The highest BCUT2D eigenvalue weighted by atomic mass is 35.5. The third kappa shape index (κ3) is 7.05. The van der Waals surface area contributed by atoms with E-state index in [9.17, 15) is 14.4 Å². The van der Waals surface area contributed by atoms with Gasteiger partial charge in [-0.25, -0.2) is 0 Å². The maximum atomic E-state index is 13.5. The van der Waals surface area contributed by atoms with Crippen LogP contribution in [0.1, 0.15) is 57.2 Å². The second-order valence-electron chi connectivity index (χ2n) is 9.20. The molecule has 0 aromatic heterocycles. The van der Waals surface area contributed by atoms with Crippen molar-refractivity contribution in [1.29, 1.82) is 0 Å². The van der Waals surface area contributed by atoms with Gasteiger partial charge in [0.25, 0.3) is 0 Å². The molecule has 35 heavy (non-hydrogen) atoms. The smallest absolute Gasteiger partial charge is 0.246 e. The van der Waals surface area contributed by atoms with E-state index in [-0.39, 0.29) is 42.1 Å². The molecule has 190 valence electrons. The molecule has 0 spiro atoms. The van der Waals surface area contributed by atoms with E-state index < -0.39 is 18.1 Å². The molecular weight excluding hydrogens is 464 g/mol. The van der Waals surface area contributed by atoms with Crippen molar-refractivity contribution in [1.82, 2.24) is 15.5 Å². The Kier molecular flexibility index (Phi) is 10.7. The predicted octanol–water partition coefficient (Wildman–Crippen LogP) is 3.18. The Morgan fingerprint density at radius 2 is 1.51 bits per heavy atom. The van der Waals surface area contributed by atoms with Gasteiger partial charge in [0, 0.05) is 6.54 Å². The van der Waals surface area contributed by atoms with Crippen molar-refractivity contribution in [3.05, 3.63) is 71.8 Å². The number of hydrogen-bond donors (Lipinski definition) is 3. The van der Waals surface area contributed by atoms with E-state index in [1.165, 1.54) is 0 Å². The lowest BCUT2D eigenvalue weighted by molar-refractivity contribution is -0.142. The molecule has 1 aliphatic heterocycles. The number of benzene rings is 2. The number of hydrogen-bond acceptors (Lipinski definition) is 4. The molecule has 0 radical (unpaired) electrons. The quantitative estimate of drug-likeness (QED) is 0.491. The zero-order valence-corrected chi connectivity index (χ0v) is 21.5. The maximum Gasteiger partial charge on any atom is 0.246 e. The van der Waals surface area contributed by atoms with Gasteiger partial charge in [-0.15, -0.1) is 12.4 Å². The number of carbonyl (C=O) groups is 3. The number of amides is 3. The molecule has 0 saturated carbocycles. The molecule has 2 aromatic carbocycles. The fraction of sp³-hybridized carbons (Fsp3) is 0.444. The molecule has 3 rings (SSSR count). The summed E-state index contributed by atoms with van der Waals surface area (Å²) in [6.45, 7) is 6.07. The van der Waals surface area contributed by atoms with Crippen LogP contribution in [-0.2, 0) is 14.4 Å². The van der Waals surface area contributed by atoms with Crippen molar-refractivity contribution in [3.63, 3.8) is 0 Å². The SMILES string of the molecule is CC[C@H](N)C(=O)N[C@H](C(=O)N1CCC[C@H]1C(=O)NC(c1ccccc1)c1ccccc1)C(C)C.Cl. The van der Waals surface area contributed by atoms with E-state index in [2.05, 4.69) is 10.6 Å². The van der Waals surface area contributed by atoms with Crippen LogP contribution in [0.25, 0.3) is 0 Å². The minimum absolute atomic E-state index is 0. The topological polar surface area (TPSA) is 105 Å². The van der Waals surface area contributed by atoms with Crippen LogP contribution in [0.5, 0.6) is 0 Å². The van der Waals surface area contributed by atoms with Crippen LogP contribution in [-0.4, -0.2) is 47.3 Å².